The van der Waals surface area contributed by atoms with E-state index in [2.05, 4.69) is 15.9 Å². The first-order valence-corrected chi connectivity index (χ1v) is 6.37. The van der Waals surface area contributed by atoms with Gasteiger partial charge in [-0.15, -0.1) is 0 Å². The predicted octanol–water partition coefficient (Wildman–Crippen LogP) is 2.86. The average Bonchev–Trinajstić information content (AvgIpc) is 2.38. The summed E-state index contributed by atoms with van der Waals surface area (Å²) < 4.78 is 13.3. The zero-order valence-corrected chi connectivity index (χ0v) is 11.7. The molecule has 0 bridgehead atoms. The Morgan fingerprint density at radius 1 is 1.26 bits per heavy atom. The zero-order chi connectivity index (χ0) is 14.3. The largest absolute Gasteiger partial charge is 0.337 e. The Hall–Kier alpha value is -1.92. The fourth-order valence-corrected chi connectivity index (χ4v) is 2.04. The number of benzene rings is 1. The van der Waals surface area contributed by atoms with Gasteiger partial charge in [0.15, 0.2) is 0 Å². The number of rotatable bonds is 5. The summed E-state index contributed by atoms with van der Waals surface area (Å²) in [6, 6.07) is 7.70. The fraction of sp³-hybridized carbons (Fsp3) is 0.308. The van der Waals surface area contributed by atoms with Gasteiger partial charge in [-0.1, -0.05) is 0 Å². The Bertz CT molecular complexity index is 530. The van der Waals surface area contributed by atoms with Crippen molar-refractivity contribution in [2.45, 2.75) is 12.8 Å². The predicted molar refractivity (Wildman–Crippen MR) is 70.5 cm³/mol. The third-order valence-corrected chi connectivity index (χ3v) is 3.09. The van der Waals surface area contributed by atoms with Gasteiger partial charge in [-0.3, -0.25) is 4.79 Å². The fourth-order valence-electron chi connectivity index (χ4n) is 1.52. The summed E-state index contributed by atoms with van der Waals surface area (Å²) in [5.74, 6) is -0.763. The molecule has 19 heavy (non-hydrogen) atoms. The second-order valence-electron chi connectivity index (χ2n) is 3.73. The van der Waals surface area contributed by atoms with E-state index in [0.29, 0.717) is 10.0 Å². The van der Waals surface area contributed by atoms with Crippen molar-refractivity contribution in [3.63, 3.8) is 0 Å². The van der Waals surface area contributed by atoms with Crippen LogP contribution in [-0.4, -0.2) is 23.9 Å². The number of hydrogen-bond donors (Lipinski definition) is 0. The highest BCUT2D eigenvalue weighted by Gasteiger charge is 2.18. The number of carbonyl (C=O) groups is 1. The highest BCUT2D eigenvalue weighted by atomic mass is 79.9. The maximum Gasteiger partial charge on any atom is 0.255 e. The van der Waals surface area contributed by atoms with Crippen LogP contribution in [-0.2, 0) is 0 Å². The SMILES string of the molecule is N#CCCN(CCC#N)C(=O)c1ccc(F)cc1Br. The van der Waals surface area contributed by atoms with E-state index in [9.17, 15) is 9.18 Å². The number of nitriles is 2. The van der Waals surface area contributed by atoms with Crippen molar-refractivity contribution in [1.82, 2.24) is 4.90 Å². The van der Waals surface area contributed by atoms with Gasteiger partial charge in [-0.25, -0.2) is 4.39 Å². The molecule has 98 valence electrons. The van der Waals surface area contributed by atoms with E-state index < -0.39 is 5.82 Å². The van der Waals surface area contributed by atoms with Crippen molar-refractivity contribution in [2.24, 2.45) is 0 Å². The van der Waals surface area contributed by atoms with Crippen LogP contribution in [0.25, 0.3) is 0 Å². The third-order valence-electron chi connectivity index (χ3n) is 2.44. The third kappa shape index (κ3) is 4.35. The molecule has 0 radical (unpaired) electrons. The van der Waals surface area contributed by atoms with Gasteiger partial charge in [0, 0.05) is 17.6 Å². The molecule has 0 aliphatic rings. The van der Waals surface area contributed by atoms with Crippen LogP contribution >= 0.6 is 15.9 Å². The Morgan fingerprint density at radius 2 is 1.84 bits per heavy atom. The lowest BCUT2D eigenvalue weighted by atomic mass is 10.2. The molecule has 0 atom stereocenters. The summed E-state index contributed by atoms with van der Waals surface area (Å²) in [5, 5.41) is 17.1. The van der Waals surface area contributed by atoms with Crippen molar-refractivity contribution in [2.75, 3.05) is 13.1 Å². The van der Waals surface area contributed by atoms with Gasteiger partial charge in [0.05, 0.1) is 30.5 Å². The molecule has 1 aromatic rings. The first kappa shape index (κ1) is 15.1. The first-order valence-electron chi connectivity index (χ1n) is 5.58. The molecule has 1 aromatic carbocycles. The minimum absolute atomic E-state index is 0.190. The minimum Gasteiger partial charge on any atom is -0.337 e. The number of nitrogens with zero attached hydrogens (tertiary/aromatic N) is 3. The molecule has 0 aromatic heterocycles. The van der Waals surface area contributed by atoms with Gasteiger partial charge in [-0.2, -0.15) is 10.5 Å². The minimum atomic E-state index is -0.441. The zero-order valence-electron chi connectivity index (χ0n) is 10.1. The molecular weight excluding hydrogens is 313 g/mol. The van der Waals surface area contributed by atoms with Gasteiger partial charge < -0.3 is 4.90 Å². The summed E-state index contributed by atoms with van der Waals surface area (Å²) in [5.41, 5.74) is 0.317. The Labute approximate surface area is 119 Å². The molecule has 0 fully saturated rings. The van der Waals surface area contributed by atoms with Crippen molar-refractivity contribution < 1.29 is 9.18 Å². The Kier molecular flexibility index (Phi) is 5.98. The maximum absolute atomic E-state index is 13.0. The van der Waals surface area contributed by atoms with Gasteiger partial charge in [0.25, 0.3) is 5.91 Å². The smallest absolute Gasteiger partial charge is 0.255 e. The first-order chi connectivity index (χ1) is 9.10. The normalized spacial score (nSPS) is 9.47. The van der Waals surface area contributed by atoms with Crippen molar-refractivity contribution in [1.29, 1.82) is 10.5 Å². The maximum atomic E-state index is 13.0. The molecule has 0 spiro atoms. The molecule has 4 nitrogen and oxygen atoms in total. The second-order valence-corrected chi connectivity index (χ2v) is 4.59. The van der Waals surface area contributed by atoms with Gasteiger partial charge in [0.2, 0.25) is 0 Å². The number of amides is 1. The molecule has 1 rings (SSSR count). The van der Waals surface area contributed by atoms with E-state index in [-0.39, 0.29) is 31.8 Å². The van der Waals surface area contributed by atoms with Crippen LogP contribution < -0.4 is 0 Å². The standard InChI is InChI=1S/C13H11BrFN3O/c14-12-9-10(15)3-4-11(12)13(19)18(7-1-5-16)8-2-6-17/h3-4,9H,1-2,7-8H2. The van der Waals surface area contributed by atoms with Gasteiger partial charge in [-0.05, 0) is 34.1 Å². The molecule has 0 aliphatic carbocycles. The van der Waals surface area contributed by atoms with E-state index in [1.165, 1.54) is 23.1 Å². The van der Waals surface area contributed by atoms with Gasteiger partial charge >= 0.3 is 0 Å². The topological polar surface area (TPSA) is 67.9 Å². The van der Waals surface area contributed by atoms with Crippen LogP contribution in [0.1, 0.15) is 23.2 Å². The Morgan fingerprint density at radius 3 is 2.32 bits per heavy atom. The lowest BCUT2D eigenvalue weighted by molar-refractivity contribution is 0.0761. The molecule has 0 N–H and O–H groups in total. The molecule has 0 heterocycles. The summed E-state index contributed by atoms with van der Waals surface area (Å²) in [7, 11) is 0. The molecular formula is C13H11BrFN3O. The number of halogens is 2. The highest BCUT2D eigenvalue weighted by molar-refractivity contribution is 9.10. The van der Waals surface area contributed by atoms with Crippen LogP contribution in [0, 0.1) is 28.5 Å². The summed E-state index contributed by atoms with van der Waals surface area (Å²) in [4.78, 5) is 13.7. The molecule has 0 unspecified atom stereocenters. The van der Waals surface area contributed by atoms with Crippen molar-refractivity contribution in [3.05, 3.63) is 34.1 Å². The number of hydrogen-bond acceptors (Lipinski definition) is 3. The summed E-state index contributed by atoms with van der Waals surface area (Å²) in [6.07, 6.45) is 0.381. The lowest BCUT2D eigenvalue weighted by Gasteiger charge is -2.21. The number of carbonyl (C=O) groups excluding carboxylic acids is 1. The molecule has 0 saturated heterocycles. The quantitative estimate of drug-likeness (QED) is 0.836. The lowest BCUT2D eigenvalue weighted by Crippen LogP contribution is -2.33. The second kappa shape index (κ2) is 7.50. The molecule has 0 aliphatic heterocycles. The van der Waals surface area contributed by atoms with Crippen LogP contribution in [0.4, 0.5) is 4.39 Å². The van der Waals surface area contributed by atoms with E-state index in [1.807, 2.05) is 12.1 Å². The van der Waals surface area contributed by atoms with Crippen LogP contribution in [0.5, 0.6) is 0 Å². The van der Waals surface area contributed by atoms with Crippen molar-refractivity contribution in [3.8, 4) is 12.1 Å². The summed E-state index contributed by atoms with van der Waals surface area (Å²) in [6.45, 7) is 0.502. The molecule has 0 saturated carbocycles. The van der Waals surface area contributed by atoms with Crippen LogP contribution in [0.15, 0.2) is 22.7 Å². The average molecular weight is 324 g/mol. The summed E-state index contributed by atoms with van der Waals surface area (Å²) >= 11 is 3.13. The highest BCUT2D eigenvalue weighted by Crippen LogP contribution is 2.20. The monoisotopic (exact) mass is 323 g/mol. The van der Waals surface area contributed by atoms with E-state index in [1.54, 1.807) is 0 Å². The molecule has 6 heteroatoms. The van der Waals surface area contributed by atoms with Crippen molar-refractivity contribution >= 4 is 21.8 Å². The molecule has 1 amide bonds. The van der Waals surface area contributed by atoms with E-state index >= 15 is 0 Å². The van der Waals surface area contributed by atoms with E-state index in [4.69, 9.17) is 10.5 Å². The van der Waals surface area contributed by atoms with Gasteiger partial charge in [0.1, 0.15) is 5.82 Å². The Balaban J connectivity index is 2.91. The van der Waals surface area contributed by atoms with Crippen LogP contribution in [0.2, 0.25) is 0 Å². The van der Waals surface area contributed by atoms with E-state index in [0.717, 1.165) is 0 Å². The van der Waals surface area contributed by atoms with Crippen LogP contribution in [0.3, 0.4) is 0 Å².